The van der Waals surface area contributed by atoms with Crippen LogP contribution in [-0.4, -0.2) is 12.9 Å². The lowest BCUT2D eigenvalue weighted by molar-refractivity contribution is 0.0991. The topological polar surface area (TPSA) is 26.3 Å². The predicted octanol–water partition coefficient (Wildman–Crippen LogP) is 4.05. The van der Waals surface area contributed by atoms with Crippen molar-refractivity contribution in [2.24, 2.45) is 0 Å². The van der Waals surface area contributed by atoms with Crippen LogP contribution in [0.4, 0.5) is 8.78 Å². The quantitative estimate of drug-likeness (QED) is 0.796. The van der Waals surface area contributed by atoms with Crippen molar-refractivity contribution >= 4 is 17.4 Å². The van der Waals surface area contributed by atoms with E-state index < -0.39 is 11.6 Å². The molecule has 2 rings (SSSR count). The summed E-state index contributed by atoms with van der Waals surface area (Å²) in [6.07, 6.45) is -0.152. The second-order valence-electron chi connectivity index (χ2n) is 4.16. The average Bonchev–Trinajstić information content (AvgIpc) is 2.44. The minimum absolute atomic E-state index is 0.0255. The number of carbonyl (C=O) groups is 1. The van der Waals surface area contributed by atoms with E-state index in [2.05, 4.69) is 0 Å². The summed E-state index contributed by atoms with van der Waals surface area (Å²) in [5.74, 6) is -1.54. The summed E-state index contributed by atoms with van der Waals surface area (Å²) in [4.78, 5) is 12.1. The average molecular weight is 297 g/mol. The lowest BCUT2D eigenvalue weighted by Gasteiger charge is -2.06. The van der Waals surface area contributed by atoms with Crippen LogP contribution in [0.25, 0.3) is 0 Å². The van der Waals surface area contributed by atoms with Gasteiger partial charge in [0.25, 0.3) is 0 Å². The molecule has 0 unspecified atom stereocenters. The molecule has 0 radical (unpaired) electrons. The second kappa shape index (κ2) is 6.01. The smallest absolute Gasteiger partial charge is 0.167 e. The van der Waals surface area contributed by atoms with Gasteiger partial charge >= 0.3 is 0 Å². The number of carbonyl (C=O) groups excluding carboxylic acids is 1. The number of Topliss-reactive ketones (excluding diaryl/α,β-unsaturated/α-hetero) is 1. The van der Waals surface area contributed by atoms with Crippen molar-refractivity contribution in [2.45, 2.75) is 6.42 Å². The van der Waals surface area contributed by atoms with Crippen molar-refractivity contribution in [3.8, 4) is 5.75 Å². The molecular formula is C15H11ClF2O2. The Kier molecular flexibility index (Phi) is 4.35. The third kappa shape index (κ3) is 2.96. The molecule has 0 fully saturated rings. The van der Waals surface area contributed by atoms with Gasteiger partial charge in [-0.2, -0.15) is 0 Å². The molecule has 0 atom stereocenters. The van der Waals surface area contributed by atoms with Gasteiger partial charge < -0.3 is 4.74 Å². The van der Waals surface area contributed by atoms with Gasteiger partial charge in [-0.1, -0.05) is 23.7 Å². The summed E-state index contributed by atoms with van der Waals surface area (Å²) >= 11 is 5.66. The first kappa shape index (κ1) is 14.5. The zero-order chi connectivity index (χ0) is 14.7. The van der Waals surface area contributed by atoms with Gasteiger partial charge in [-0.05, 0) is 29.8 Å². The molecule has 0 aliphatic carbocycles. The maximum Gasteiger partial charge on any atom is 0.167 e. The van der Waals surface area contributed by atoms with Crippen molar-refractivity contribution in [3.05, 3.63) is 64.2 Å². The Labute approximate surface area is 119 Å². The van der Waals surface area contributed by atoms with Crippen molar-refractivity contribution < 1.29 is 18.3 Å². The van der Waals surface area contributed by atoms with Gasteiger partial charge in [0.15, 0.2) is 17.3 Å². The van der Waals surface area contributed by atoms with E-state index in [-0.39, 0.29) is 34.1 Å². The zero-order valence-electron chi connectivity index (χ0n) is 10.6. The summed E-state index contributed by atoms with van der Waals surface area (Å²) in [5, 5.41) is -0.0352. The number of ether oxygens (including phenoxy) is 1. The number of ketones is 1. The zero-order valence-corrected chi connectivity index (χ0v) is 11.4. The van der Waals surface area contributed by atoms with E-state index in [1.165, 1.54) is 31.4 Å². The number of hydrogen-bond acceptors (Lipinski definition) is 2. The highest BCUT2D eigenvalue weighted by Gasteiger charge is 2.14. The van der Waals surface area contributed by atoms with Crippen LogP contribution in [0, 0.1) is 11.6 Å². The standard InChI is InChI=1S/C15H11ClF2O2/c1-20-14-8-9(5-6-12(14)17)13(19)7-10-3-2-4-11(16)15(10)18/h2-6,8H,7H2,1H3. The Morgan fingerprint density at radius 3 is 2.70 bits per heavy atom. The van der Waals surface area contributed by atoms with Gasteiger partial charge in [0.1, 0.15) is 5.82 Å². The Bertz CT molecular complexity index is 656. The van der Waals surface area contributed by atoms with Gasteiger partial charge in [-0.25, -0.2) is 8.78 Å². The van der Waals surface area contributed by atoms with Gasteiger partial charge in [-0.15, -0.1) is 0 Å². The van der Waals surface area contributed by atoms with Crippen molar-refractivity contribution in [2.75, 3.05) is 7.11 Å². The van der Waals surface area contributed by atoms with Crippen LogP contribution >= 0.6 is 11.6 Å². The Hall–Kier alpha value is -1.94. The highest BCUT2D eigenvalue weighted by molar-refractivity contribution is 6.30. The molecule has 0 aliphatic rings. The highest BCUT2D eigenvalue weighted by atomic mass is 35.5. The molecule has 0 N–H and O–H groups in total. The van der Waals surface area contributed by atoms with E-state index in [1.807, 2.05) is 0 Å². The maximum atomic E-state index is 13.7. The molecule has 0 spiro atoms. The number of benzene rings is 2. The molecule has 0 heterocycles. The molecule has 104 valence electrons. The molecule has 0 bridgehead atoms. The molecular weight excluding hydrogens is 286 g/mol. The molecule has 0 aromatic heterocycles. The molecule has 5 heteroatoms. The van der Waals surface area contributed by atoms with Gasteiger partial charge in [0, 0.05) is 12.0 Å². The number of halogens is 3. The van der Waals surface area contributed by atoms with E-state index >= 15 is 0 Å². The molecule has 2 aromatic carbocycles. The van der Waals surface area contributed by atoms with E-state index in [0.717, 1.165) is 6.07 Å². The van der Waals surface area contributed by atoms with Crippen LogP contribution in [0.3, 0.4) is 0 Å². The van der Waals surface area contributed by atoms with E-state index in [4.69, 9.17) is 16.3 Å². The lowest BCUT2D eigenvalue weighted by atomic mass is 10.0. The largest absolute Gasteiger partial charge is 0.494 e. The molecule has 0 aliphatic heterocycles. The van der Waals surface area contributed by atoms with E-state index in [9.17, 15) is 13.6 Å². The van der Waals surface area contributed by atoms with E-state index in [1.54, 1.807) is 6.07 Å². The van der Waals surface area contributed by atoms with Crippen LogP contribution in [0.2, 0.25) is 5.02 Å². The van der Waals surface area contributed by atoms with Crippen molar-refractivity contribution in [3.63, 3.8) is 0 Å². The van der Waals surface area contributed by atoms with E-state index in [0.29, 0.717) is 0 Å². The molecule has 2 nitrogen and oxygen atoms in total. The van der Waals surface area contributed by atoms with Crippen molar-refractivity contribution in [1.82, 2.24) is 0 Å². The second-order valence-corrected chi connectivity index (χ2v) is 4.57. The fourth-order valence-electron chi connectivity index (χ4n) is 1.79. The Balaban J connectivity index is 2.26. The Morgan fingerprint density at radius 2 is 2.00 bits per heavy atom. The van der Waals surface area contributed by atoms with Crippen molar-refractivity contribution in [1.29, 1.82) is 0 Å². The summed E-state index contributed by atoms with van der Waals surface area (Å²) < 4.78 is 31.8. The number of hydrogen-bond donors (Lipinski definition) is 0. The Morgan fingerprint density at radius 1 is 1.25 bits per heavy atom. The van der Waals surface area contributed by atoms with Crippen LogP contribution < -0.4 is 4.74 Å². The predicted molar refractivity (Wildman–Crippen MR) is 72.4 cm³/mol. The first-order valence-electron chi connectivity index (χ1n) is 5.82. The summed E-state index contributed by atoms with van der Waals surface area (Å²) in [7, 11) is 1.31. The van der Waals surface area contributed by atoms with Crippen LogP contribution in [-0.2, 0) is 6.42 Å². The summed E-state index contributed by atoms with van der Waals surface area (Å²) in [6.45, 7) is 0. The lowest BCUT2D eigenvalue weighted by Crippen LogP contribution is -2.06. The normalized spacial score (nSPS) is 10.4. The van der Waals surface area contributed by atoms with Crippen LogP contribution in [0.15, 0.2) is 36.4 Å². The highest BCUT2D eigenvalue weighted by Crippen LogP contribution is 2.22. The first-order chi connectivity index (χ1) is 9.52. The summed E-state index contributed by atoms with van der Waals surface area (Å²) in [6, 6.07) is 8.23. The summed E-state index contributed by atoms with van der Waals surface area (Å²) in [5.41, 5.74) is 0.452. The fraction of sp³-hybridized carbons (Fsp3) is 0.133. The minimum Gasteiger partial charge on any atom is -0.494 e. The molecule has 20 heavy (non-hydrogen) atoms. The van der Waals surface area contributed by atoms with Crippen LogP contribution in [0.1, 0.15) is 15.9 Å². The fourth-order valence-corrected chi connectivity index (χ4v) is 1.99. The molecule has 2 aromatic rings. The maximum absolute atomic E-state index is 13.7. The van der Waals surface area contributed by atoms with Gasteiger partial charge in [0.2, 0.25) is 0 Å². The molecule has 0 saturated heterocycles. The van der Waals surface area contributed by atoms with Gasteiger partial charge in [0.05, 0.1) is 12.1 Å². The molecule has 0 amide bonds. The first-order valence-corrected chi connectivity index (χ1v) is 6.20. The van der Waals surface area contributed by atoms with Crippen LogP contribution in [0.5, 0.6) is 5.75 Å². The third-order valence-electron chi connectivity index (χ3n) is 2.86. The van der Waals surface area contributed by atoms with Gasteiger partial charge in [-0.3, -0.25) is 4.79 Å². The number of rotatable bonds is 4. The number of methoxy groups -OCH3 is 1. The SMILES string of the molecule is COc1cc(C(=O)Cc2cccc(Cl)c2F)ccc1F. The monoisotopic (exact) mass is 296 g/mol. The minimum atomic E-state index is -0.614. The third-order valence-corrected chi connectivity index (χ3v) is 3.15. The molecule has 0 saturated carbocycles.